The van der Waals surface area contributed by atoms with E-state index in [9.17, 15) is 31.5 Å². The van der Waals surface area contributed by atoms with Crippen molar-refractivity contribution in [2.24, 2.45) is 11.3 Å². The van der Waals surface area contributed by atoms with Crippen LogP contribution in [0.5, 0.6) is 0 Å². The van der Waals surface area contributed by atoms with Crippen LogP contribution in [0.2, 0.25) is 0 Å². The summed E-state index contributed by atoms with van der Waals surface area (Å²) in [5.41, 5.74) is 2.51. The number of halogens is 5. The quantitative estimate of drug-likeness (QED) is 0.390. The number of carbonyl (C=O) groups excluding carboxylic acids is 2. The van der Waals surface area contributed by atoms with E-state index in [0.717, 1.165) is 42.3 Å². The predicted molar refractivity (Wildman–Crippen MR) is 127 cm³/mol. The Kier molecular flexibility index (Phi) is 8.08. The molecule has 2 amide bonds. The lowest BCUT2D eigenvalue weighted by Crippen LogP contribution is -2.29. The molecular formula is C26H33F5N4O2. The van der Waals surface area contributed by atoms with Crippen molar-refractivity contribution in [2.75, 3.05) is 0 Å². The van der Waals surface area contributed by atoms with Crippen molar-refractivity contribution in [3.05, 3.63) is 29.6 Å². The molecule has 6 nitrogen and oxygen atoms in total. The summed E-state index contributed by atoms with van der Waals surface area (Å²) in [6, 6.07) is 5.33. The maximum absolute atomic E-state index is 12.3. The van der Waals surface area contributed by atoms with Crippen molar-refractivity contribution < 1.29 is 31.5 Å². The lowest BCUT2D eigenvalue weighted by atomic mass is 9.80. The zero-order valence-electron chi connectivity index (χ0n) is 20.7. The molecule has 1 heterocycles. The lowest BCUT2D eigenvalue weighted by molar-refractivity contribution is -0.144. The van der Waals surface area contributed by atoms with Gasteiger partial charge in [-0.05, 0) is 55.2 Å². The first-order chi connectivity index (χ1) is 17.4. The Morgan fingerprint density at radius 2 is 1.73 bits per heavy atom. The first-order valence-electron chi connectivity index (χ1n) is 12.9. The lowest BCUT2D eigenvalue weighted by Gasteiger charge is -2.26. The number of hydrogen-bond acceptors (Lipinski definition) is 3. The number of nitrogens with zero attached hydrogens (tertiary/aromatic N) is 1. The Balaban J connectivity index is 0.000000342. The van der Waals surface area contributed by atoms with Crippen LogP contribution in [0.1, 0.15) is 82.0 Å². The predicted octanol–water partition coefficient (Wildman–Crippen LogP) is 5.91. The van der Waals surface area contributed by atoms with Crippen LogP contribution in [0.3, 0.4) is 0 Å². The highest BCUT2D eigenvalue weighted by atomic mass is 19.4. The van der Waals surface area contributed by atoms with Gasteiger partial charge in [-0.25, -0.2) is 13.8 Å². The summed E-state index contributed by atoms with van der Waals surface area (Å²) in [5.74, 6) is -2.08. The van der Waals surface area contributed by atoms with E-state index in [0.29, 0.717) is 25.2 Å². The minimum Gasteiger partial charge on any atom is -0.352 e. The molecule has 3 fully saturated rings. The second-order valence-electron chi connectivity index (χ2n) is 10.5. The fraction of sp³-hybridized carbons (Fsp3) is 0.654. The molecule has 0 aliphatic heterocycles. The molecule has 1 aromatic heterocycles. The Morgan fingerprint density at radius 1 is 1.00 bits per heavy atom. The van der Waals surface area contributed by atoms with E-state index in [1.165, 1.54) is 6.42 Å². The Labute approximate surface area is 212 Å². The van der Waals surface area contributed by atoms with Crippen LogP contribution in [0, 0.1) is 11.3 Å². The summed E-state index contributed by atoms with van der Waals surface area (Å²) < 4.78 is 60.9. The molecule has 5 rings (SSSR count). The number of nitrogens with one attached hydrogen (secondary N) is 3. The number of benzene rings is 1. The van der Waals surface area contributed by atoms with E-state index in [-0.39, 0.29) is 36.6 Å². The van der Waals surface area contributed by atoms with Gasteiger partial charge < -0.3 is 15.6 Å². The number of aromatic nitrogens is 2. The van der Waals surface area contributed by atoms with Gasteiger partial charge in [0.15, 0.2) is 0 Å². The third-order valence-corrected chi connectivity index (χ3v) is 7.59. The van der Waals surface area contributed by atoms with Crippen LogP contribution in [-0.4, -0.2) is 33.9 Å². The highest BCUT2D eigenvalue weighted by molar-refractivity contribution is 5.83. The SMILES string of the molecule is FC1(F)CCCCC1.O=C(CCC(F)(F)F)NCc1ccc2nc(CNC(=O)C3CC34CCC4)[nH]c2c1. The van der Waals surface area contributed by atoms with Crippen LogP contribution in [0.15, 0.2) is 18.2 Å². The number of imidazole rings is 1. The smallest absolute Gasteiger partial charge is 0.352 e. The van der Waals surface area contributed by atoms with E-state index in [1.54, 1.807) is 18.2 Å². The molecule has 0 radical (unpaired) electrons. The van der Waals surface area contributed by atoms with Gasteiger partial charge in [0, 0.05) is 31.7 Å². The summed E-state index contributed by atoms with van der Waals surface area (Å²) >= 11 is 0. The molecule has 37 heavy (non-hydrogen) atoms. The molecule has 11 heteroatoms. The normalized spacial score (nSPS) is 21.5. The number of carbonyl (C=O) groups is 2. The van der Waals surface area contributed by atoms with Gasteiger partial charge >= 0.3 is 6.18 Å². The molecule has 204 valence electrons. The Hall–Kier alpha value is -2.72. The minimum absolute atomic E-state index is 0.0902. The van der Waals surface area contributed by atoms with Gasteiger partial charge in [-0.2, -0.15) is 13.2 Å². The van der Waals surface area contributed by atoms with Crippen molar-refractivity contribution in [1.82, 2.24) is 20.6 Å². The Bertz CT molecular complexity index is 1100. The first-order valence-corrected chi connectivity index (χ1v) is 12.9. The van der Waals surface area contributed by atoms with Crippen LogP contribution in [0.4, 0.5) is 22.0 Å². The number of alkyl halides is 5. The topological polar surface area (TPSA) is 86.9 Å². The number of hydrogen-bond donors (Lipinski definition) is 3. The summed E-state index contributed by atoms with van der Waals surface area (Å²) in [6.45, 7) is 0.463. The second-order valence-corrected chi connectivity index (χ2v) is 10.5. The van der Waals surface area contributed by atoms with Gasteiger partial charge in [-0.15, -0.1) is 0 Å². The monoisotopic (exact) mass is 528 g/mol. The number of aromatic amines is 1. The average molecular weight is 529 g/mol. The van der Waals surface area contributed by atoms with E-state index in [2.05, 4.69) is 20.6 Å². The average Bonchev–Trinajstić information content (AvgIpc) is 3.47. The maximum Gasteiger partial charge on any atom is 0.389 e. The number of rotatable bonds is 7. The van der Waals surface area contributed by atoms with Crippen LogP contribution >= 0.6 is 0 Å². The molecule has 3 N–H and O–H groups in total. The van der Waals surface area contributed by atoms with Gasteiger partial charge in [0.25, 0.3) is 0 Å². The zero-order valence-corrected chi connectivity index (χ0v) is 20.7. The molecule has 0 bridgehead atoms. The molecule has 2 aromatic rings. The molecule has 1 aromatic carbocycles. The molecule has 1 unspecified atom stereocenters. The Morgan fingerprint density at radius 3 is 2.30 bits per heavy atom. The second kappa shape index (κ2) is 10.9. The zero-order chi connectivity index (χ0) is 26.7. The number of fused-ring (bicyclic) bond motifs is 1. The summed E-state index contributed by atoms with van der Waals surface area (Å²) in [7, 11) is 0. The van der Waals surface area contributed by atoms with Gasteiger partial charge in [0.2, 0.25) is 17.7 Å². The van der Waals surface area contributed by atoms with Gasteiger partial charge in [-0.3, -0.25) is 9.59 Å². The van der Waals surface area contributed by atoms with Crippen molar-refractivity contribution in [3.8, 4) is 0 Å². The van der Waals surface area contributed by atoms with E-state index in [1.807, 2.05) is 0 Å². The number of amides is 2. The maximum atomic E-state index is 12.3. The molecule has 0 saturated heterocycles. The molecule has 1 atom stereocenters. The number of H-pyrrole nitrogens is 1. The van der Waals surface area contributed by atoms with E-state index in [4.69, 9.17) is 0 Å². The van der Waals surface area contributed by atoms with Gasteiger partial charge in [-0.1, -0.05) is 18.9 Å². The van der Waals surface area contributed by atoms with Crippen molar-refractivity contribution in [3.63, 3.8) is 0 Å². The fourth-order valence-corrected chi connectivity index (χ4v) is 5.11. The highest BCUT2D eigenvalue weighted by Crippen LogP contribution is 2.65. The van der Waals surface area contributed by atoms with E-state index >= 15 is 0 Å². The molecular weight excluding hydrogens is 495 g/mol. The van der Waals surface area contributed by atoms with Crippen molar-refractivity contribution in [2.45, 2.75) is 95.8 Å². The summed E-state index contributed by atoms with van der Waals surface area (Å²) in [5, 5.41) is 5.44. The van der Waals surface area contributed by atoms with Crippen LogP contribution < -0.4 is 10.6 Å². The molecule has 3 aliphatic rings. The summed E-state index contributed by atoms with van der Waals surface area (Å²) in [4.78, 5) is 31.4. The van der Waals surface area contributed by atoms with Crippen LogP contribution in [0.25, 0.3) is 11.0 Å². The third kappa shape index (κ3) is 7.64. The first kappa shape index (κ1) is 27.3. The molecule has 1 spiro atoms. The minimum atomic E-state index is -4.34. The highest BCUT2D eigenvalue weighted by Gasteiger charge is 2.60. The fourth-order valence-electron chi connectivity index (χ4n) is 5.11. The van der Waals surface area contributed by atoms with E-state index < -0.39 is 30.8 Å². The molecule has 3 saturated carbocycles. The van der Waals surface area contributed by atoms with Crippen molar-refractivity contribution in [1.29, 1.82) is 0 Å². The molecule has 3 aliphatic carbocycles. The standard InChI is InChI=1S/C20H23F3N4O2.C6H10F2/c21-20(22,23)7-4-17(28)24-10-12-2-3-14-15(8-12)27-16(26-14)11-25-18(29)13-9-19(13)5-1-6-19;7-6(8)4-2-1-3-5-6/h2-3,8,13H,1,4-7,9-11H2,(H,24,28)(H,25,29)(H,26,27);1-5H2. The summed E-state index contributed by atoms with van der Waals surface area (Å²) in [6.07, 6.45) is 1.15. The van der Waals surface area contributed by atoms with Gasteiger partial charge in [0.1, 0.15) is 5.82 Å². The van der Waals surface area contributed by atoms with Crippen molar-refractivity contribution >= 4 is 22.8 Å². The van der Waals surface area contributed by atoms with Crippen LogP contribution in [-0.2, 0) is 22.7 Å². The van der Waals surface area contributed by atoms with Gasteiger partial charge in [0.05, 0.1) is 24.0 Å². The third-order valence-electron chi connectivity index (χ3n) is 7.59. The largest absolute Gasteiger partial charge is 0.389 e.